The summed E-state index contributed by atoms with van der Waals surface area (Å²) in [7, 11) is 0. The molecule has 5 nitrogen and oxygen atoms in total. The standard InChI is InChI=1S/C118H80B2N2O3/c1-118(2,3)92-71-103-110-104(72-92)122(114-95(90-53-29-49-84(67-90)77-37-15-6-16-38-77)58-32-59-96(114)91-54-30-50-85(68-91)78-39-17-7-18-40-78)105-74-108-112-117(124-107-64-62-87(80-43-21-9-22-44-80)70-100(107)119(112)101-73-98(81-45-23-10-24-46-81)115-109(116(101)125-108)97-55-25-26-60-106(97)123-115)111(105)120(110)99-69-86(79-41-19-8-20-42-79)61-63-102(99)121(103)113-93(88-51-27-47-82(65-88)75-33-11-4-12-34-75)56-31-57-94(113)89-52-28-48-83(66-89)76-35-13-5-14-36-76/h4-74H,1-3H3. The van der Waals surface area contributed by atoms with Crippen LogP contribution in [0.4, 0.5) is 34.1 Å². The number of benzene rings is 19. The van der Waals surface area contributed by atoms with Gasteiger partial charge in [-0.15, -0.1) is 0 Å². The van der Waals surface area contributed by atoms with Gasteiger partial charge in [0.2, 0.25) is 0 Å². The highest BCUT2D eigenvalue weighted by atomic mass is 16.5. The Kier molecular flexibility index (Phi) is 17.3. The van der Waals surface area contributed by atoms with Crippen LogP contribution in [0.25, 0.3) is 144 Å². The van der Waals surface area contributed by atoms with Crippen molar-refractivity contribution in [2.45, 2.75) is 26.2 Å². The summed E-state index contributed by atoms with van der Waals surface area (Å²) < 4.78 is 23.8. The van der Waals surface area contributed by atoms with Crippen LogP contribution >= 0.6 is 0 Å². The number of hydrogen-bond acceptors (Lipinski definition) is 5. The number of anilines is 6. The fraction of sp³-hybridized carbons (Fsp3) is 0.0339. The van der Waals surface area contributed by atoms with E-state index in [1.165, 1.54) is 0 Å². The van der Waals surface area contributed by atoms with Crippen LogP contribution in [0.2, 0.25) is 0 Å². The lowest BCUT2D eigenvalue weighted by molar-refractivity contribution is 0.469. The second-order valence-corrected chi connectivity index (χ2v) is 34.4. The topological polar surface area (TPSA) is 38.1 Å². The summed E-state index contributed by atoms with van der Waals surface area (Å²) >= 11 is 0. The molecule has 0 spiro atoms. The van der Waals surface area contributed by atoms with Gasteiger partial charge in [-0.05, 0) is 187 Å². The Morgan fingerprint density at radius 3 is 1.04 bits per heavy atom. The van der Waals surface area contributed by atoms with Gasteiger partial charge in [-0.2, -0.15) is 0 Å². The van der Waals surface area contributed by atoms with Crippen LogP contribution in [-0.4, -0.2) is 13.4 Å². The molecule has 0 radical (unpaired) electrons. The second-order valence-electron chi connectivity index (χ2n) is 34.4. The molecule has 0 saturated heterocycles. The van der Waals surface area contributed by atoms with Crippen molar-refractivity contribution >= 4 is 102 Å². The molecule has 24 rings (SSSR count). The lowest BCUT2D eigenvalue weighted by Gasteiger charge is -2.48. The number of nitrogens with zero attached hydrogens (tertiary/aromatic N) is 2. The van der Waals surface area contributed by atoms with Crippen molar-refractivity contribution in [1.82, 2.24) is 0 Å². The Labute approximate surface area is 728 Å². The van der Waals surface area contributed by atoms with Crippen LogP contribution in [0.1, 0.15) is 26.3 Å². The minimum atomic E-state index is -0.514. The average Bonchev–Trinajstić information content (AvgIpc) is 1.67. The van der Waals surface area contributed by atoms with Crippen molar-refractivity contribution in [2.24, 2.45) is 0 Å². The molecule has 0 unspecified atom stereocenters. The van der Waals surface area contributed by atoms with E-state index in [4.69, 9.17) is 13.9 Å². The number of fused-ring (bicyclic) bond motifs is 13. The quantitative estimate of drug-likeness (QED) is 0.108. The summed E-state index contributed by atoms with van der Waals surface area (Å²) in [6.07, 6.45) is 0. The Balaban J connectivity index is 0.874. The molecule has 0 amide bonds. The first kappa shape index (κ1) is 73.3. The predicted octanol–water partition coefficient (Wildman–Crippen LogP) is 28.0. The van der Waals surface area contributed by atoms with Crippen molar-refractivity contribution in [3.05, 3.63) is 436 Å². The zero-order chi connectivity index (χ0) is 83.0. The van der Waals surface area contributed by atoms with Crippen LogP contribution in [0.3, 0.4) is 0 Å². The Morgan fingerprint density at radius 2 is 0.592 bits per heavy atom. The van der Waals surface area contributed by atoms with Crippen LogP contribution in [0, 0.1) is 0 Å². The fourth-order valence-corrected chi connectivity index (χ4v) is 20.2. The Morgan fingerprint density at radius 1 is 0.232 bits per heavy atom. The zero-order valence-corrected chi connectivity index (χ0v) is 69.3. The summed E-state index contributed by atoms with van der Waals surface area (Å²) in [6, 6.07) is 159. The third kappa shape index (κ3) is 12.3. The largest absolute Gasteiger partial charge is 0.459 e. The minimum absolute atomic E-state index is 0.437. The van der Waals surface area contributed by atoms with E-state index in [0.717, 1.165) is 234 Å². The maximum Gasteiger partial charge on any atom is 0.260 e. The van der Waals surface area contributed by atoms with Crippen molar-refractivity contribution in [3.63, 3.8) is 0 Å². The molecular formula is C118H80B2N2O3. The molecule has 586 valence electrons. The summed E-state index contributed by atoms with van der Waals surface area (Å²) in [5.74, 6) is 2.99. The third-order valence-electron chi connectivity index (χ3n) is 26.1. The predicted molar refractivity (Wildman–Crippen MR) is 524 cm³/mol. The van der Waals surface area contributed by atoms with E-state index in [1.54, 1.807) is 0 Å². The molecule has 19 aromatic carbocycles. The molecule has 0 aliphatic carbocycles. The number of rotatable bonds is 13. The Hall–Kier alpha value is -15.7. The van der Waals surface area contributed by atoms with Gasteiger partial charge in [0.15, 0.2) is 0 Å². The highest BCUT2D eigenvalue weighted by Gasteiger charge is 2.52. The third-order valence-corrected chi connectivity index (χ3v) is 26.1. The van der Waals surface area contributed by atoms with E-state index in [9.17, 15) is 0 Å². The van der Waals surface area contributed by atoms with Crippen LogP contribution in [0.15, 0.2) is 435 Å². The number of furan rings is 1. The number of para-hydroxylation sites is 3. The molecular weight excluding hydrogens is 1510 g/mol. The molecule has 125 heavy (non-hydrogen) atoms. The zero-order valence-electron chi connectivity index (χ0n) is 69.3. The van der Waals surface area contributed by atoms with Crippen molar-refractivity contribution in [1.29, 1.82) is 0 Å². The van der Waals surface area contributed by atoms with Gasteiger partial charge in [-0.3, -0.25) is 0 Å². The summed E-state index contributed by atoms with van der Waals surface area (Å²) in [5, 5.41) is 1.90. The number of hydrogen-bond donors (Lipinski definition) is 0. The summed E-state index contributed by atoms with van der Waals surface area (Å²) in [5.41, 5.74) is 38.8. The lowest BCUT2D eigenvalue weighted by atomic mass is 9.30. The fourth-order valence-electron chi connectivity index (χ4n) is 20.2. The van der Waals surface area contributed by atoms with Gasteiger partial charge in [0.05, 0.1) is 16.8 Å². The van der Waals surface area contributed by atoms with Gasteiger partial charge in [-0.25, -0.2) is 0 Å². The van der Waals surface area contributed by atoms with Gasteiger partial charge < -0.3 is 23.7 Å². The molecule has 0 bridgehead atoms. The van der Waals surface area contributed by atoms with Crippen LogP contribution < -0.4 is 52.1 Å². The van der Waals surface area contributed by atoms with E-state index >= 15 is 0 Å². The molecule has 0 atom stereocenters. The van der Waals surface area contributed by atoms with Crippen molar-refractivity contribution < 1.29 is 13.9 Å². The molecule has 7 heteroatoms. The first-order valence-corrected chi connectivity index (χ1v) is 43.3. The normalized spacial score (nSPS) is 12.7. The van der Waals surface area contributed by atoms with E-state index in [2.05, 4.69) is 461 Å². The molecule has 0 fully saturated rings. The summed E-state index contributed by atoms with van der Waals surface area (Å²) in [6.45, 7) is 6.19. The maximum atomic E-state index is 8.37. The monoisotopic (exact) mass is 1590 g/mol. The van der Waals surface area contributed by atoms with Crippen molar-refractivity contribution in [3.8, 4) is 145 Å². The van der Waals surface area contributed by atoms with Gasteiger partial charge >= 0.3 is 0 Å². The molecule has 4 aliphatic heterocycles. The highest BCUT2D eigenvalue weighted by molar-refractivity contribution is 7.03. The van der Waals surface area contributed by atoms with E-state index < -0.39 is 18.8 Å². The minimum Gasteiger partial charge on any atom is -0.459 e. The first-order valence-electron chi connectivity index (χ1n) is 43.3. The van der Waals surface area contributed by atoms with Gasteiger partial charge in [0.25, 0.3) is 13.4 Å². The average molecular weight is 1600 g/mol. The SMILES string of the molecule is CC(C)(C)c1cc2c3c(c1)N(c1c(-c4cccc(-c5ccccc5)c4)cccc1-c1cccc(-c4ccccc4)c1)c1cc4c5c(c1B3c1cc(-c3ccccc3)ccc1N2c1c(-c2cccc(-c3ccccc3)c2)cccc1-c1cccc(-c2ccccc2)c1)Oc1ccc(-c2ccccc2)cc1B5c1cc(-c2ccccc2)c2oc3ccccc3c2c1O4. The maximum absolute atomic E-state index is 8.37. The second kappa shape index (κ2) is 29.6. The Bertz CT molecular complexity index is 7500. The molecule has 0 saturated carbocycles. The highest BCUT2D eigenvalue weighted by Crippen LogP contribution is 2.57. The van der Waals surface area contributed by atoms with E-state index in [0.29, 0.717) is 5.75 Å². The van der Waals surface area contributed by atoms with Gasteiger partial charge in [0.1, 0.15) is 34.2 Å². The van der Waals surface area contributed by atoms with Gasteiger partial charge in [-0.1, -0.05) is 391 Å². The summed E-state index contributed by atoms with van der Waals surface area (Å²) in [4.78, 5) is 5.35. The molecule has 20 aromatic rings. The molecule has 4 aliphatic rings. The molecule has 5 heterocycles. The first-order chi connectivity index (χ1) is 61.6. The smallest absolute Gasteiger partial charge is 0.260 e. The molecule has 1 aromatic heterocycles. The van der Waals surface area contributed by atoms with E-state index in [-0.39, 0.29) is 0 Å². The van der Waals surface area contributed by atoms with Crippen LogP contribution in [0.5, 0.6) is 23.0 Å². The van der Waals surface area contributed by atoms with Gasteiger partial charge in [0, 0.05) is 67.5 Å². The lowest BCUT2D eigenvalue weighted by Crippen LogP contribution is -2.65. The molecule has 0 N–H and O–H groups in total. The van der Waals surface area contributed by atoms with Crippen molar-refractivity contribution in [2.75, 3.05) is 9.80 Å². The van der Waals surface area contributed by atoms with Crippen LogP contribution in [-0.2, 0) is 5.41 Å². The number of ether oxygens (including phenoxy) is 2. The van der Waals surface area contributed by atoms with E-state index in [1.807, 2.05) is 0 Å².